The van der Waals surface area contributed by atoms with Crippen LogP contribution < -0.4 is 10.5 Å². The van der Waals surface area contributed by atoms with Crippen LogP contribution in [0.4, 0.5) is 0 Å². The van der Waals surface area contributed by atoms with E-state index in [1.54, 1.807) is 31.4 Å². The molecule has 1 fully saturated rings. The van der Waals surface area contributed by atoms with Crippen molar-refractivity contribution in [2.24, 2.45) is 11.1 Å². The molecule has 2 aromatic rings. The van der Waals surface area contributed by atoms with E-state index in [0.29, 0.717) is 10.8 Å². The Morgan fingerprint density at radius 3 is 2.24 bits per heavy atom. The largest absolute Gasteiger partial charge is 0.497 e. The van der Waals surface area contributed by atoms with Gasteiger partial charge in [0.2, 0.25) is 0 Å². The summed E-state index contributed by atoms with van der Waals surface area (Å²) in [6.45, 7) is -0.213. The van der Waals surface area contributed by atoms with E-state index in [2.05, 4.69) is 0 Å². The topological polar surface area (TPSA) is 89.6 Å². The molecular weight excluding hydrogens is 362 g/mol. The minimum atomic E-state index is -3.66. The first-order valence-corrected chi connectivity index (χ1v) is 9.77. The monoisotopic (exact) mass is 381 g/mol. The zero-order valence-corrected chi connectivity index (χ0v) is 15.3. The van der Waals surface area contributed by atoms with Crippen molar-refractivity contribution in [2.45, 2.75) is 16.1 Å². The number of halogens is 1. The van der Waals surface area contributed by atoms with E-state index in [9.17, 15) is 13.5 Å². The second-order valence-electron chi connectivity index (χ2n) is 6.27. The summed E-state index contributed by atoms with van der Waals surface area (Å²) in [4.78, 5) is 0.184. The normalized spacial score (nSPS) is 25.6. The summed E-state index contributed by atoms with van der Waals surface area (Å²) in [7, 11) is -2.09. The fourth-order valence-corrected chi connectivity index (χ4v) is 6.10. The Labute approximate surface area is 152 Å². The van der Waals surface area contributed by atoms with E-state index in [-0.39, 0.29) is 24.0 Å². The van der Waals surface area contributed by atoms with Crippen LogP contribution in [0.15, 0.2) is 53.4 Å². The molecule has 1 saturated carbocycles. The summed E-state index contributed by atoms with van der Waals surface area (Å²) in [6.07, 6.45) is 0. The van der Waals surface area contributed by atoms with Crippen molar-refractivity contribution in [2.75, 3.05) is 20.3 Å². The molecule has 134 valence electrons. The van der Waals surface area contributed by atoms with Gasteiger partial charge in [0, 0.05) is 22.9 Å². The molecule has 0 amide bonds. The van der Waals surface area contributed by atoms with Crippen LogP contribution in [0, 0.1) is 5.41 Å². The number of sulfone groups is 1. The standard InChI is InChI=1S/C18H20ClNO4S/c1-24-14-6-2-12(3-7-14)16-17(18(16,10-20)11-21)25(22,23)15-8-4-13(19)5-9-15/h2-9,16-17,21H,10-11,20H2,1H3/t16-,17-,18-/m0/s1. The molecule has 0 heterocycles. The summed E-state index contributed by atoms with van der Waals surface area (Å²) < 4.78 is 31.4. The van der Waals surface area contributed by atoms with Crippen molar-refractivity contribution < 1.29 is 18.3 Å². The van der Waals surface area contributed by atoms with Crippen LogP contribution in [-0.2, 0) is 9.84 Å². The maximum absolute atomic E-state index is 13.1. The molecule has 0 aromatic heterocycles. The number of benzene rings is 2. The maximum Gasteiger partial charge on any atom is 0.182 e. The smallest absolute Gasteiger partial charge is 0.182 e. The van der Waals surface area contributed by atoms with Crippen LogP contribution >= 0.6 is 11.6 Å². The average molecular weight is 382 g/mol. The predicted molar refractivity (Wildman–Crippen MR) is 96.7 cm³/mol. The molecule has 0 unspecified atom stereocenters. The van der Waals surface area contributed by atoms with Crippen molar-refractivity contribution >= 4 is 21.4 Å². The highest BCUT2D eigenvalue weighted by atomic mass is 35.5. The first kappa shape index (κ1) is 18.2. The van der Waals surface area contributed by atoms with Crippen LogP contribution in [-0.4, -0.2) is 39.0 Å². The maximum atomic E-state index is 13.1. The van der Waals surface area contributed by atoms with Gasteiger partial charge < -0.3 is 15.6 Å². The Morgan fingerprint density at radius 2 is 1.76 bits per heavy atom. The van der Waals surface area contributed by atoms with Crippen LogP contribution in [0.25, 0.3) is 0 Å². The fraction of sp³-hybridized carbons (Fsp3) is 0.333. The number of aliphatic hydroxyl groups is 1. The highest BCUT2D eigenvalue weighted by Gasteiger charge is 2.70. The lowest BCUT2D eigenvalue weighted by molar-refractivity contribution is 0.212. The lowest BCUT2D eigenvalue weighted by Gasteiger charge is -2.12. The van der Waals surface area contributed by atoms with Gasteiger partial charge in [0.05, 0.1) is 23.9 Å². The minimum Gasteiger partial charge on any atom is -0.497 e. The van der Waals surface area contributed by atoms with Gasteiger partial charge in [-0.25, -0.2) is 8.42 Å². The number of methoxy groups -OCH3 is 1. The van der Waals surface area contributed by atoms with Crippen LogP contribution in [0.3, 0.4) is 0 Å². The molecule has 3 rings (SSSR count). The Balaban J connectivity index is 2.02. The molecule has 25 heavy (non-hydrogen) atoms. The van der Waals surface area contributed by atoms with E-state index in [4.69, 9.17) is 22.1 Å². The van der Waals surface area contributed by atoms with E-state index in [0.717, 1.165) is 5.56 Å². The quantitative estimate of drug-likeness (QED) is 0.800. The molecule has 1 aliphatic carbocycles. The van der Waals surface area contributed by atoms with E-state index in [1.165, 1.54) is 12.1 Å². The second kappa shape index (κ2) is 6.61. The third-order valence-electron chi connectivity index (χ3n) is 5.01. The second-order valence-corrected chi connectivity index (χ2v) is 8.77. The first-order chi connectivity index (χ1) is 11.9. The molecule has 0 aliphatic heterocycles. The highest BCUT2D eigenvalue weighted by molar-refractivity contribution is 7.92. The number of nitrogens with two attached hydrogens (primary N) is 1. The van der Waals surface area contributed by atoms with Gasteiger partial charge >= 0.3 is 0 Å². The van der Waals surface area contributed by atoms with Crippen molar-refractivity contribution in [3.63, 3.8) is 0 Å². The Kier molecular flexibility index (Phi) is 4.81. The number of rotatable bonds is 6. The molecule has 1 aliphatic rings. The van der Waals surface area contributed by atoms with Gasteiger partial charge in [-0.2, -0.15) is 0 Å². The van der Waals surface area contributed by atoms with Crippen molar-refractivity contribution in [1.29, 1.82) is 0 Å². The SMILES string of the molecule is COc1ccc([C@H]2[C@H](S(=O)(=O)c3ccc(Cl)cc3)[C@@]2(CN)CO)cc1. The molecule has 0 radical (unpaired) electrons. The van der Waals surface area contributed by atoms with Crippen LogP contribution in [0.2, 0.25) is 5.02 Å². The lowest BCUT2D eigenvalue weighted by Crippen LogP contribution is -2.27. The van der Waals surface area contributed by atoms with Crippen LogP contribution in [0.1, 0.15) is 11.5 Å². The zero-order valence-electron chi connectivity index (χ0n) is 13.7. The molecule has 0 saturated heterocycles. The van der Waals surface area contributed by atoms with Gasteiger partial charge in [0.1, 0.15) is 5.75 Å². The summed E-state index contributed by atoms with van der Waals surface area (Å²) >= 11 is 5.85. The third-order valence-corrected chi connectivity index (χ3v) is 7.60. The molecule has 0 spiro atoms. The van der Waals surface area contributed by atoms with Gasteiger partial charge in [-0.1, -0.05) is 23.7 Å². The highest BCUT2D eigenvalue weighted by Crippen LogP contribution is 2.63. The minimum absolute atomic E-state index is 0.0810. The Bertz CT molecular complexity index is 846. The Hall–Kier alpha value is -1.60. The molecule has 0 bridgehead atoms. The predicted octanol–water partition coefficient (Wildman–Crippen LogP) is 2.23. The van der Waals surface area contributed by atoms with Crippen molar-refractivity contribution in [1.82, 2.24) is 0 Å². The lowest BCUT2D eigenvalue weighted by atomic mass is 10.00. The van der Waals surface area contributed by atoms with Gasteiger partial charge in [-0.3, -0.25) is 0 Å². The zero-order chi connectivity index (χ0) is 18.2. The first-order valence-electron chi connectivity index (χ1n) is 7.85. The summed E-state index contributed by atoms with van der Waals surface area (Å²) in [6, 6.07) is 13.3. The number of hydrogen-bond donors (Lipinski definition) is 2. The van der Waals surface area contributed by atoms with E-state index >= 15 is 0 Å². The molecule has 7 heteroatoms. The van der Waals surface area contributed by atoms with E-state index in [1.807, 2.05) is 12.1 Å². The molecule has 3 atom stereocenters. The van der Waals surface area contributed by atoms with Crippen molar-refractivity contribution in [3.05, 3.63) is 59.1 Å². The number of hydrogen-bond acceptors (Lipinski definition) is 5. The average Bonchev–Trinajstić information content (AvgIpc) is 3.33. The molecule has 2 aromatic carbocycles. The van der Waals surface area contributed by atoms with Gasteiger partial charge in [-0.15, -0.1) is 0 Å². The van der Waals surface area contributed by atoms with Gasteiger partial charge in [0.15, 0.2) is 9.84 Å². The molecular formula is C18H20ClNO4S. The summed E-state index contributed by atoms with van der Waals surface area (Å²) in [5.41, 5.74) is 5.82. The summed E-state index contributed by atoms with van der Waals surface area (Å²) in [5, 5.41) is 9.62. The molecule has 3 N–H and O–H groups in total. The number of aliphatic hydroxyl groups excluding tert-OH is 1. The van der Waals surface area contributed by atoms with Crippen molar-refractivity contribution in [3.8, 4) is 5.75 Å². The van der Waals surface area contributed by atoms with Gasteiger partial charge in [0.25, 0.3) is 0 Å². The Morgan fingerprint density at radius 1 is 1.16 bits per heavy atom. The molecule has 5 nitrogen and oxygen atoms in total. The fourth-order valence-electron chi connectivity index (χ4n) is 3.53. The number of ether oxygens (including phenoxy) is 1. The van der Waals surface area contributed by atoms with E-state index < -0.39 is 20.5 Å². The summed E-state index contributed by atoms with van der Waals surface area (Å²) in [5.74, 6) is 0.318. The third kappa shape index (κ3) is 2.93. The van der Waals surface area contributed by atoms with Gasteiger partial charge in [-0.05, 0) is 42.0 Å². The van der Waals surface area contributed by atoms with Crippen LogP contribution in [0.5, 0.6) is 5.75 Å².